The van der Waals surface area contributed by atoms with Crippen LogP contribution >= 0.6 is 0 Å². The fourth-order valence-electron chi connectivity index (χ4n) is 3.53. The fraction of sp³-hybridized carbons (Fsp3) is 0.500. The Kier molecular flexibility index (Phi) is 9.66. The standard InChI is InChI=1S/C30H38F3N3O4/c1-20(2)16-17-38-19-36-26(30(31,32)33)34-25(35-36)23-10-8-21(9-11-23)22-12-14-24(15-13-22)39-18-29(6,7)27(37)40-28(3,4)5/h8-15,20H,16-19H2,1-7H3. The summed E-state index contributed by atoms with van der Waals surface area (Å²) in [4.78, 5) is 16.2. The van der Waals surface area contributed by atoms with Gasteiger partial charge in [0.15, 0.2) is 5.82 Å². The van der Waals surface area contributed by atoms with Crippen LogP contribution in [0.4, 0.5) is 13.2 Å². The lowest BCUT2D eigenvalue weighted by molar-refractivity contribution is -0.167. The zero-order valence-corrected chi connectivity index (χ0v) is 24.1. The van der Waals surface area contributed by atoms with Gasteiger partial charge in [-0.25, -0.2) is 9.67 Å². The maximum absolute atomic E-state index is 13.5. The number of hydrogen-bond acceptors (Lipinski definition) is 6. The van der Waals surface area contributed by atoms with Crippen molar-refractivity contribution in [1.82, 2.24) is 14.8 Å². The summed E-state index contributed by atoms with van der Waals surface area (Å²) in [7, 11) is 0. The van der Waals surface area contributed by atoms with E-state index in [1.54, 1.807) is 50.2 Å². The number of nitrogens with zero attached hydrogens (tertiary/aromatic N) is 3. The van der Waals surface area contributed by atoms with Crippen molar-refractivity contribution in [3.05, 3.63) is 54.4 Å². The lowest BCUT2D eigenvalue weighted by Gasteiger charge is -2.28. The molecular weight excluding hydrogens is 523 g/mol. The van der Waals surface area contributed by atoms with Gasteiger partial charge in [-0.05, 0) is 70.2 Å². The van der Waals surface area contributed by atoms with E-state index in [9.17, 15) is 18.0 Å². The van der Waals surface area contributed by atoms with Gasteiger partial charge < -0.3 is 14.2 Å². The quantitative estimate of drug-likeness (QED) is 0.179. The van der Waals surface area contributed by atoms with Gasteiger partial charge in [0.1, 0.15) is 24.7 Å². The number of benzene rings is 2. The largest absolute Gasteiger partial charge is 0.492 e. The van der Waals surface area contributed by atoms with Crippen molar-refractivity contribution in [2.24, 2.45) is 11.3 Å². The van der Waals surface area contributed by atoms with Gasteiger partial charge in [0.05, 0.1) is 5.41 Å². The summed E-state index contributed by atoms with van der Waals surface area (Å²) >= 11 is 0. The Balaban J connectivity index is 1.67. The zero-order valence-electron chi connectivity index (χ0n) is 24.1. The summed E-state index contributed by atoms with van der Waals surface area (Å²) in [6.07, 6.45) is -3.92. The van der Waals surface area contributed by atoms with Crippen LogP contribution in [0.15, 0.2) is 48.5 Å². The van der Waals surface area contributed by atoms with Crippen molar-refractivity contribution in [2.75, 3.05) is 13.2 Å². The Morgan fingerprint density at radius 3 is 1.98 bits per heavy atom. The highest BCUT2D eigenvalue weighted by atomic mass is 19.4. The van der Waals surface area contributed by atoms with Crippen molar-refractivity contribution in [2.45, 2.75) is 73.4 Å². The van der Waals surface area contributed by atoms with E-state index >= 15 is 0 Å². The third-order valence-corrected chi connectivity index (χ3v) is 5.86. The molecule has 0 aliphatic carbocycles. The van der Waals surface area contributed by atoms with E-state index in [1.165, 1.54) is 0 Å². The monoisotopic (exact) mass is 561 g/mol. The van der Waals surface area contributed by atoms with Gasteiger partial charge in [0.25, 0.3) is 0 Å². The van der Waals surface area contributed by atoms with Crippen molar-refractivity contribution in [1.29, 1.82) is 0 Å². The highest BCUT2D eigenvalue weighted by Gasteiger charge is 2.38. The van der Waals surface area contributed by atoms with Crippen LogP contribution in [0, 0.1) is 11.3 Å². The molecule has 0 aliphatic rings. The van der Waals surface area contributed by atoms with Crippen LogP contribution in [0.1, 0.15) is 60.7 Å². The van der Waals surface area contributed by atoms with E-state index in [0.29, 0.717) is 23.8 Å². The first-order valence-corrected chi connectivity index (χ1v) is 13.2. The van der Waals surface area contributed by atoms with Gasteiger partial charge >= 0.3 is 12.1 Å². The van der Waals surface area contributed by atoms with Crippen LogP contribution in [0.3, 0.4) is 0 Å². The molecule has 0 saturated carbocycles. The van der Waals surface area contributed by atoms with E-state index in [0.717, 1.165) is 22.2 Å². The molecule has 0 amide bonds. The average Bonchev–Trinajstić information content (AvgIpc) is 3.30. The molecule has 0 bridgehead atoms. The molecule has 3 aromatic rings. The van der Waals surface area contributed by atoms with Gasteiger partial charge in [-0.3, -0.25) is 4.79 Å². The number of hydrogen-bond donors (Lipinski definition) is 0. The Hall–Kier alpha value is -3.40. The number of carbonyl (C=O) groups is 1. The van der Waals surface area contributed by atoms with E-state index in [1.807, 2.05) is 46.8 Å². The van der Waals surface area contributed by atoms with E-state index in [4.69, 9.17) is 14.2 Å². The second-order valence-electron chi connectivity index (χ2n) is 11.8. The molecule has 10 heteroatoms. The predicted molar refractivity (Wildman–Crippen MR) is 146 cm³/mol. The summed E-state index contributed by atoms with van der Waals surface area (Å²) in [5.41, 5.74) is 0.800. The summed E-state index contributed by atoms with van der Waals surface area (Å²) in [6, 6.07) is 14.3. The van der Waals surface area contributed by atoms with Crippen LogP contribution < -0.4 is 4.74 Å². The summed E-state index contributed by atoms with van der Waals surface area (Å²) < 4.78 is 58.1. The maximum Gasteiger partial charge on any atom is 0.451 e. The second kappa shape index (κ2) is 12.4. The molecule has 0 aliphatic heterocycles. The lowest BCUT2D eigenvalue weighted by atomic mass is 9.94. The number of esters is 1. The van der Waals surface area contributed by atoms with Gasteiger partial charge in [-0.2, -0.15) is 13.2 Å². The minimum absolute atomic E-state index is 0.0253. The van der Waals surface area contributed by atoms with Crippen LogP contribution in [-0.4, -0.2) is 39.5 Å². The number of rotatable bonds is 11. The minimum Gasteiger partial charge on any atom is -0.492 e. The van der Waals surface area contributed by atoms with Gasteiger partial charge in [0, 0.05) is 12.2 Å². The number of ether oxygens (including phenoxy) is 3. The first-order chi connectivity index (χ1) is 18.5. The molecule has 0 atom stereocenters. The van der Waals surface area contributed by atoms with Gasteiger partial charge in [0.2, 0.25) is 5.82 Å². The van der Waals surface area contributed by atoms with E-state index in [2.05, 4.69) is 10.1 Å². The molecule has 0 unspecified atom stereocenters. The van der Waals surface area contributed by atoms with Crippen molar-refractivity contribution < 1.29 is 32.2 Å². The Morgan fingerprint density at radius 2 is 1.45 bits per heavy atom. The van der Waals surface area contributed by atoms with Crippen LogP contribution in [0.2, 0.25) is 0 Å². The smallest absolute Gasteiger partial charge is 0.451 e. The third kappa shape index (κ3) is 8.81. The molecule has 1 heterocycles. The Morgan fingerprint density at radius 1 is 0.900 bits per heavy atom. The number of halogens is 3. The number of carbonyl (C=O) groups excluding carboxylic acids is 1. The molecule has 218 valence electrons. The molecule has 2 aromatic carbocycles. The molecular formula is C30H38F3N3O4. The first-order valence-electron chi connectivity index (χ1n) is 13.2. The predicted octanol–water partition coefficient (Wildman–Crippen LogP) is 7.40. The first kappa shape index (κ1) is 31.1. The molecule has 3 rings (SSSR count). The molecule has 0 N–H and O–H groups in total. The van der Waals surface area contributed by atoms with Crippen molar-refractivity contribution in [3.8, 4) is 28.3 Å². The second-order valence-corrected chi connectivity index (χ2v) is 11.8. The molecule has 0 fully saturated rings. The van der Waals surface area contributed by atoms with E-state index in [-0.39, 0.29) is 25.1 Å². The summed E-state index contributed by atoms with van der Waals surface area (Å²) in [5, 5.41) is 4.06. The highest BCUT2D eigenvalue weighted by molar-refractivity contribution is 5.76. The number of aromatic nitrogens is 3. The Bertz CT molecular complexity index is 1260. The maximum atomic E-state index is 13.5. The van der Waals surface area contributed by atoms with E-state index < -0.39 is 23.0 Å². The topological polar surface area (TPSA) is 75.5 Å². The van der Waals surface area contributed by atoms with Crippen molar-refractivity contribution >= 4 is 5.97 Å². The molecule has 1 aromatic heterocycles. The third-order valence-electron chi connectivity index (χ3n) is 5.86. The molecule has 7 nitrogen and oxygen atoms in total. The Labute approximate surface area is 233 Å². The molecule has 40 heavy (non-hydrogen) atoms. The summed E-state index contributed by atoms with van der Waals surface area (Å²) in [6.45, 7) is 13.2. The molecule has 0 radical (unpaired) electrons. The van der Waals surface area contributed by atoms with Crippen LogP contribution in [-0.2, 0) is 27.2 Å². The fourth-order valence-corrected chi connectivity index (χ4v) is 3.53. The number of alkyl halides is 3. The SMILES string of the molecule is CC(C)CCOCn1nc(-c2ccc(-c3ccc(OCC(C)(C)C(=O)OC(C)(C)C)cc3)cc2)nc1C(F)(F)F. The molecule has 0 spiro atoms. The summed E-state index contributed by atoms with van der Waals surface area (Å²) in [5.74, 6) is -0.477. The zero-order chi connectivity index (χ0) is 29.7. The highest BCUT2D eigenvalue weighted by Crippen LogP contribution is 2.31. The average molecular weight is 562 g/mol. The molecule has 0 saturated heterocycles. The minimum atomic E-state index is -4.65. The van der Waals surface area contributed by atoms with Gasteiger partial charge in [-0.15, -0.1) is 5.10 Å². The van der Waals surface area contributed by atoms with Crippen molar-refractivity contribution in [3.63, 3.8) is 0 Å². The van der Waals surface area contributed by atoms with Crippen LogP contribution in [0.5, 0.6) is 5.75 Å². The lowest BCUT2D eigenvalue weighted by Crippen LogP contribution is -2.37. The normalized spacial score (nSPS) is 12.6. The van der Waals surface area contributed by atoms with Gasteiger partial charge in [-0.1, -0.05) is 50.2 Å². The van der Waals surface area contributed by atoms with Crippen LogP contribution in [0.25, 0.3) is 22.5 Å².